The van der Waals surface area contributed by atoms with E-state index in [0.29, 0.717) is 5.92 Å². The van der Waals surface area contributed by atoms with Gasteiger partial charge in [0.2, 0.25) is 0 Å². The van der Waals surface area contributed by atoms with Gasteiger partial charge in [-0.2, -0.15) is 0 Å². The van der Waals surface area contributed by atoms with E-state index in [4.69, 9.17) is 5.11 Å². The molecule has 1 aliphatic heterocycles. The molecule has 0 amide bonds. The second-order valence-corrected chi connectivity index (χ2v) is 5.39. The lowest BCUT2D eigenvalue weighted by molar-refractivity contribution is 0.00538. The van der Waals surface area contributed by atoms with Gasteiger partial charge in [-0.1, -0.05) is 20.8 Å². The molecule has 1 rings (SSSR count). The molecule has 3 nitrogen and oxygen atoms in total. The van der Waals surface area contributed by atoms with Crippen LogP contribution in [0.5, 0.6) is 0 Å². The molecule has 2 N–H and O–H groups in total. The largest absolute Gasteiger partial charge is 0.396 e. The van der Waals surface area contributed by atoms with Crippen molar-refractivity contribution in [3.8, 4) is 0 Å². The van der Waals surface area contributed by atoms with Crippen molar-refractivity contribution in [3.05, 3.63) is 0 Å². The monoisotopic (exact) mass is 201 g/mol. The van der Waals surface area contributed by atoms with E-state index >= 15 is 0 Å². The molecule has 1 fully saturated rings. The molecule has 2 atom stereocenters. The number of likely N-dealkylation sites (tertiary alicyclic amines) is 1. The van der Waals surface area contributed by atoms with Crippen molar-refractivity contribution in [1.82, 2.24) is 4.90 Å². The van der Waals surface area contributed by atoms with E-state index in [1.54, 1.807) is 0 Å². The van der Waals surface area contributed by atoms with Crippen LogP contribution in [0.1, 0.15) is 27.2 Å². The molecule has 0 aliphatic carbocycles. The van der Waals surface area contributed by atoms with Crippen molar-refractivity contribution >= 4 is 0 Å². The maximum atomic E-state index is 9.71. The van der Waals surface area contributed by atoms with Crippen LogP contribution in [0.3, 0.4) is 0 Å². The first-order valence-electron chi connectivity index (χ1n) is 5.46. The first kappa shape index (κ1) is 12.0. The number of aliphatic hydroxyl groups excluding tert-OH is 2. The van der Waals surface area contributed by atoms with E-state index in [1.807, 2.05) is 0 Å². The minimum Gasteiger partial charge on any atom is -0.396 e. The Balaban J connectivity index is 2.40. The van der Waals surface area contributed by atoms with Gasteiger partial charge in [0.05, 0.1) is 6.10 Å². The van der Waals surface area contributed by atoms with Crippen LogP contribution in [0.15, 0.2) is 0 Å². The lowest BCUT2D eigenvalue weighted by Gasteiger charge is -2.38. The molecule has 1 aliphatic rings. The fourth-order valence-corrected chi connectivity index (χ4v) is 1.91. The summed E-state index contributed by atoms with van der Waals surface area (Å²) in [5.74, 6) is 0.420. The summed E-state index contributed by atoms with van der Waals surface area (Å²) < 4.78 is 0. The smallest absolute Gasteiger partial charge is 0.0693 e. The molecule has 0 saturated carbocycles. The van der Waals surface area contributed by atoms with Crippen molar-refractivity contribution < 1.29 is 10.2 Å². The van der Waals surface area contributed by atoms with E-state index < -0.39 is 0 Å². The summed E-state index contributed by atoms with van der Waals surface area (Å²) in [5, 5.41) is 18.9. The Hall–Kier alpha value is -0.120. The van der Waals surface area contributed by atoms with Gasteiger partial charge >= 0.3 is 0 Å². The molecule has 3 heteroatoms. The Morgan fingerprint density at radius 3 is 2.57 bits per heavy atom. The van der Waals surface area contributed by atoms with Gasteiger partial charge in [-0.05, 0) is 18.9 Å². The first-order valence-corrected chi connectivity index (χ1v) is 5.46. The summed E-state index contributed by atoms with van der Waals surface area (Å²) >= 11 is 0. The highest BCUT2D eigenvalue weighted by atomic mass is 16.3. The first-order chi connectivity index (χ1) is 6.44. The molecular weight excluding hydrogens is 178 g/mol. The molecule has 0 radical (unpaired) electrons. The summed E-state index contributed by atoms with van der Waals surface area (Å²) in [5.41, 5.74) is -0.0553. The summed E-state index contributed by atoms with van der Waals surface area (Å²) in [6, 6.07) is 0. The zero-order valence-electron chi connectivity index (χ0n) is 9.53. The van der Waals surface area contributed by atoms with E-state index in [0.717, 1.165) is 26.1 Å². The number of rotatable bonds is 3. The fourth-order valence-electron chi connectivity index (χ4n) is 1.91. The quantitative estimate of drug-likeness (QED) is 0.706. The highest BCUT2D eigenvalue weighted by Gasteiger charge is 2.28. The molecule has 84 valence electrons. The van der Waals surface area contributed by atoms with E-state index in [2.05, 4.69) is 25.7 Å². The average molecular weight is 201 g/mol. The van der Waals surface area contributed by atoms with E-state index in [9.17, 15) is 5.11 Å². The van der Waals surface area contributed by atoms with Crippen LogP contribution in [0.4, 0.5) is 0 Å². The summed E-state index contributed by atoms with van der Waals surface area (Å²) in [6.45, 7) is 9.07. The third-order valence-electron chi connectivity index (χ3n) is 3.08. The fraction of sp³-hybridized carbons (Fsp3) is 1.00. The molecule has 0 spiro atoms. The highest BCUT2D eigenvalue weighted by Crippen LogP contribution is 2.22. The summed E-state index contributed by atoms with van der Waals surface area (Å²) in [4.78, 5) is 2.25. The van der Waals surface area contributed by atoms with Crippen molar-refractivity contribution in [1.29, 1.82) is 0 Å². The molecule has 0 aromatic carbocycles. The molecule has 1 heterocycles. The van der Waals surface area contributed by atoms with E-state index in [1.165, 1.54) is 0 Å². The van der Waals surface area contributed by atoms with Crippen molar-refractivity contribution in [2.75, 3.05) is 26.2 Å². The van der Waals surface area contributed by atoms with Gasteiger partial charge < -0.3 is 15.1 Å². The van der Waals surface area contributed by atoms with Gasteiger partial charge in [0.15, 0.2) is 0 Å². The zero-order chi connectivity index (χ0) is 10.8. The number of piperidine rings is 1. The van der Waals surface area contributed by atoms with Gasteiger partial charge in [0.25, 0.3) is 0 Å². The summed E-state index contributed by atoms with van der Waals surface area (Å²) in [7, 11) is 0. The van der Waals surface area contributed by atoms with Gasteiger partial charge in [-0.25, -0.2) is 0 Å². The molecule has 14 heavy (non-hydrogen) atoms. The van der Waals surface area contributed by atoms with Gasteiger partial charge in [-0.15, -0.1) is 0 Å². The minimum atomic E-state index is -0.196. The SMILES string of the molecule is CC1CCN(CC(C)(C)CO)CC1O. The molecule has 0 bridgehead atoms. The Kier molecular flexibility index (Phi) is 3.93. The van der Waals surface area contributed by atoms with Crippen LogP contribution in [0, 0.1) is 11.3 Å². The second kappa shape index (κ2) is 4.60. The molecule has 0 aromatic heterocycles. The molecule has 2 unspecified atom stereocenters. The van der Waals surface area contributed by atoms with E-state index in [-0.39, 0.29) is 18.1 Å². The molecule has 1 saturated heterocycles. The lowest BCUT2D eigenvalue weighted by Crippen LogP contribution is -2.47. The van der Waals surface area contributed by atoms with Gasteiger partial charge in [0, 0.05) is 25.1 Å². The average Bonchev–Trinajstić information content (AvgIpc) is 2.11. The number of hydrogen-bond acceptors (Lipinski definition) is 3. The Morgan fingerprint density at radius 1 is 1.43 bits per heavy atom. The standard InChI is InChI=1S/C11H23NO2/c1-9-4-5-12(6-10(9)14)7-11(2,3)8-13/h9-10,13-14H,4-8H2,1-3H3. The Morgan fingerprint density at radius 2 is 2.07 bits per heavy atom. The highest BCUT2D eigenvalue weighted by molar-refractivity contribution is 4.81. The Bertz CT molecular complexity index is 182. The second-order valence-electron chi connectivity index (χ2n) is 5.39. The predicted molar refractivity (Wildman–Crippen MR) is 57.1 cm³/mol. The third kappa shape index (κ3) is 3.23. The van der Waals surface area contributed by atoms with Crippen molar-refractivity contribution in [3.63, 3.8) is 0 Å². The normalized spacial score (nSPS) is 30.6. The molecule has 0 aromatic rings. The maximum absolute atomic E-state index is 9.71. The minimum absolute atomic E-state index is 0.0553. The van der Waals surface area contributed by atoms with Crippen LogP contribution in [-0.2, 0) is 0 Å². The van der Waals surface area contributed by atoms with Crippen LogP contribution in [0.25, 0.3) is 0 Å². The third-order valence-corrected chi connectivity index (χ3v) is 3.08. The van der Waals surface area contributed by atoms with Crippen LogP contribution in [0.2, 0.25) is 0 Å². The Labute approximate surface area is 86.7 Å². The van der Waals surface area contributed by atoms with Gasteiger partial charge in [0.1, 0.15) is 0 Å². The number of aliphatic hydroxyl groups is 2. The van der Waals surface area contributed by atoms with Crippen LogP contribution in [-0.4, -0.2) is 47.5 Å². The van der Waals surface area contributed by atoms with Crippen molar-refractivity contribution in [2.45, 2.75) is 33.3 Å². The molecular formula is C11H23NO2. The lowest BCUT2D eigenvalue weighted by atomic mass is 9.90. The zero-order valence-corrected chi connectivity index (χ0v) is 9.53. The van der Waals surface area contributed by atoms with Crippen molar-refractivity contribution in [2.24, 2.45) is 11.3 Å². The number of hydrogen-bond donors (Lipinski definition) is 2. The topological polar surface area (TPSA) is 43.7 Å². The maximum Gasteiger partial charge on any atom is 0.0693 e. The van der Waals surface area contributed by atoms with Crippen LogP contribution >= 0.6 is 0 Å². The number of nitrogens with zero attached hydrogens (tertiary/aromatic N) is 1. The van der Waals surface area contributed by atoms with Crippen LogP contribution < -0.4 is 0 Å². The van der Waals surface area contributed by atoms with Gasteiger partial charge in [-0.3, -0.25) is 0 Å². The number of β-amino-alcohol motifs (C(OH)–C–C–N with tert-alkyl or cyclic N) is 1. The summed E-state index contributed by atoms with van der Waals surface area (Å²) in [6.07, 6.45) is 0.862. The predicted octanol–water partition coefficient (Wildman–Crippen LogP) is 0.708.